The van der Waals surface area contributed by atoms with Crippen molar-refractivity contribution in [3.05, 3.63) is 57.4 Å². The van der Waals surface area contributed by atoms with Crippen LogP contribution in [0, 0.1) is 6.92 Å². The van der Waals surface area contributed by atoms with Gasteiger partial charge in [0, 0.05) is 30.7 Å². The van der Waals surface area contributed by atoms with Crippen LogP contribution in [0.2, 0.25) is 5.02 Å². The lowest BCUT2D eigenvalue weighted by molar-refractivity contribution is -0.117. The van der Waals surface area contributed by atoms with Gasteiger partial charge in [-0.05, 0) is 30.0 Å². The van der Waals surface area contributed by atoms with Crippen LogP contribution in [0.5, 0.6) is 5.75 Å². The van der Waals surface area contributed by atoms with Crippen molar-refractivity contribution in [3.63, 3.8) is 0 Å². The molecule has 0 amide bonds. The first-order chi connectivity index (χ1) is 14.9. The summed E-state index contributed by atoms with van der Waals surface area (Å²) < 4.78 is 5.51. The average Bonchev–Trinajstić information content (AvgIpc) is 3.36. The van der Waals surface area contributed by atoms with E-state index < -0.39 is 0 Å². The highest BCUT2D eigenvalue weighted by molar-refractivity contribution is 7.18. The number of carbonyl (C=O) groups is 1. The summed E-state index contributed by atoms with van der Waals surface area (Å²) >= 11 is 8.01. The van der Waals surface area contributed by atoms with E-state index in [1.165, 1.54) is 4.80 Å². The third-order valence-electron chi connectivity index (χ3n) is 4.99. The minimum absolute atomic E-state index is 0.0503. The van der Waals surface area contributed by atoms with Crippen molar-refractivity contribution in [1.82, 2.24) is 25.0 Å². The first-order valence-corrected chi connectivity index (χ1v) is 11.1. The van der Waals surface area contributed by atoms with Crippen molar-refractivity contribution in [2.75, 3.05) is 7.11 Å². The number of benzene rings is 1. The topological polar surface area (TPSA) is 82.8 Å². The highest BCUT2D eigenvalue weighted by atomic mass is 35.5. The molecule has 0 atom stereocenters. The third-order valence-corrected chi connectivity index (χ3v) is 6.17. The van der Waals surface area contributed by atoms with E-state index in [0.717, 1.165) is 32.0 Å². The zero-order valence-corrected chi connectivity index (χ0v) is 19.3. The van der Waals surface area contributed by atoms with Gasteiger partial charge in [0.2, 0.25) is 0 Å². The lowest BCUT2D eigenvalue weighted by Crippen LogP contribution is -2.11. The van der Waals surface area contributed by atoms with Crippen molar-refractivity contribution >= 4 is 39.1 Å². The van der Waals surface area contributed by atoms with Gasteiger partial charge in [-0.25, -0.2) is 9.97 Å². The normalized spacial score (nSPS) is 11.4. The van der Waals surface area contributed by atoms with Crippen molar-refractivity contribution in [2.24, 2.45) is 0 Å². The number of ether oxygens (including phenoxy) is 1. The Morgan fingerprint density at radius 1 is 1.19 bits per heavy atom. The number of carbonyl (C=O) groups excluding carboxylic acids is 1. The lowest BCUT2D eigenvalue weighted by atomic mass is 9.93. The Hall–Kier alpha value is -2.84. The molecular weight excluding hydrogens is 434 g/mol. The molecule has 9 heteroatoms. The largest absolute Gasteiger partial charge is 0.496 e. The highest BCUT2D eigenvalue weighted by Crippen LogP contribution is 2.32. The summed E-state index contributed by atoms with van der Waals surface area (Å²) in [6.07, 6.45) is 5.42. The summed E-state index contributed by atoms with van der Waals surface area (Å²) in [5.41, 5.74) is 4.22. The zero-order chi connectivity index (χ0) is 22.1. The molecule has 3 heterocycles. The molecule has 0 aliphatic heterocycles. The summed E-state index contributed by atoms with van der Waals surface area (Å²) in [6.45, 7) is 6.20. The summed E-state index contributed by atoms with van der Waals surface area (Å²) in [5, 5.41) is 9.64. The van der Waals surface area contributed by atoms with Gasteiger partial charge in [-0.15, -0.1) is 4.80 Å². The van der Waals surface area contributed by atoms with Crippen molar-refractivity contribution in [2.45, 2.75) is 39.5 Å². The van der Waals surface area contributed by atoms with Gasteiger partial charge in [-0.3, -0.25) is 4.79 Å². The van der Waals surface area contributed by atoms with Crippen LogP contribution in [0.25, 0.3) is 16.0 Å². The van der Waals surface area contributed by atoms with Gasteiger partial charge in [0.15, 0.2) is 0 Å². The fourth-order valence-corrected chi connectivity index (χ4v) is 4.75. The molecule has 0 saturated carbocycles. The Balaban J connectivity index is 1.62. The predicted molar refractivity (Wildman–Crippen MR) is 122 cm³/mol. The molecule has 1 aromatic carbocycles. The molecule has 0 spiro atoms. The lowest BCUT2D eigenvalue weighted by Gasteiger charge is -2.14. The Labute approximate surface area is 189 Å². The quantitative estimate of drug-likeness (QED) is 0.401. The highest BCUT2D eigenvalue weighted by Gasteiger charge is 2.20. The molecule has 0 fully saturated rings. The third kappa shape index (κ3) is 4.31. The van der Waals surface area contributed by atoms with Crippen LogP contribution >= 0.6 is 22.9 Å². The number of hydrogen-bond donors (Lipinski definition) is 0. The van der Waals surface area contributed by atoms with E-state index in [4.69, 9.17) is 16.3 Å². The number of ketones is 1. The van der Waals surface area contributed by atoms with E-state index in [1.54, 1.807) is 43.0 Å². The average molecular weight is 456 g/mol. The molecule has 4 rings (SSSR count). The van der Waals surface area contributed by atoms with Crippen LogP contribution in [0.4, 0.5) is 0 Å². The van der Waals surface area contributed by atoms with E-state index in [9.17, 15) is 4.79 Å². The second-order valence-electron chi connectivity index (χ2n) is 7.56. The first-order valence-electron chi connectivity index (χ1n) is 9.87. The molecule has 3 aromatic heterocycles. The molecule has 0 radical (unpaired) electrons. The van der Waals surface area contributed by atoms with Gasteiger partial charge in [-0.2, -0.15) is 10.2 Å². The molecule has 7 nitrogen and oxygen atoms in total. The molecule has 0 saturated heterocycles. The summed E-state index contributed by atoms with van der Waals surface area (Å²) in [6, 6.07) is 3.49. The maximum Gasteiger partial charge on any atom is 0.143 e. The van der Waals surface area contributed by atoms with Crippen LogP contribution in [-0.4, -0.2) is 37.9 Å². The van der Waals surface area contributed by atoms with Gasteiger partial charge >= 0.3 is 0 Å². The number of methoxy groups -OCH3 is 1. The van der Waals surface area contributed by atoms with Crippen LogP contribution in [0.1, 0.15) is 41.5 Å². The van der Waals surface area contributed by atoms with Crippen molar-refractivity contribution in [3.8, 4) is 11.4 Å². The number of Topliss-reactive ketones (excluding diaryl/α,β-unsaturated/α-hetero) is 1. The van der Waals surface area contributed by atoms with Crippen molar-refractivity contribution < 1.29 is 9.53 Å². The zero-order valence-electron chi connectivity index (χ0n) is 17.7. The number of hydrogen-bond acceptors (Lipinski definition) is 7. The summed E-state index contributed by atoms with van der Waals surface area (Å²) in [4.78, 5) is 24.5. The number of nitrogens with zero attached hydrogens (tertiary/aromatic N) is 5. The molecule has 0 aliphatic carbocycles. The summed E-state index contributed by atoms with van der Waals surface area (Å²) in [7, 11) is 1.57. The smallest absolute Gasteiger partial charge is 0.143 e. The molecule has 160 valence electrons. The van der Waals surface area contributed by atoms with E-state index in [1.807, 2.05) is 13.1 Å². The monoisotopic (exact) mass is 455 g/mol. The Bertz CT molecular complexity index is 1250. The number of aryl methyl sites for hydroxylation is 1. The molecular formula is C22H22ClN5O2S. The van der Waals surface area contributed by atoms with Crippen LogP contribution < -0.4 is 4.74 Å². The van der Waals surface area contributed by atoms with Crippen LogP contribution in [-0.2, 0) is 17.6 Å². The van der Waals surface area contributed by atoms with Gasteiger partial charge in [0.25, 0.3) is 0 Å². The minimum Gasteiger partial charge on any atom is -0.496 e. The predicted octanol–water partition coefficient (Wildman–Crippen LogP) is 4.72. The van der Waals surface area contributed by atoms with Gasteiger partial charge in [-0.1, -0.05) is 36.8 Å². The number of fused-ring (bicyclic) bond motifs is 1. The second-order valence-corrected chi connectivity index (χ2v) is 9.15. The van der Waals surface area contributed by atoms with E-state index in [0.29, 0.717) is 16.5 Å². The molecule has 0 aliphatic rings. The number of thiazole rings is 1. The van der Waals surface area contributed by atoms with E-state index in [-0.39, 0.29) is 24.5 Å². The minimum atomic E-state index is 0.0503. The maximum atomic E-state index is 13.0. The van der Waals surface area contributed by atoms with Crippen LogP contribution in [0.15, 0.2) is 30.7 Å². The van der Waals surface area contributed by atoms with Crippen molar-refractivity contribution in [1.29, 1.82) is 0 Å². The number of pyridine rings is 1. The van der Waals surface area contributed by atoms with E-state index in [2.05, 4.69) is 34.0 Å². The first kappa shape index (κ1) is 21.4. The van der Waals surface area contributed by atoms with Gasteiger partial charge in [0.1, 0.15) is 27.6 Å². The standard InChI is InChI=1S/C22H22ClN5O2S/c1-12(2)20-15(11-24-22-21(20)27-13(3)31-22)8-16(29)7-14-9-17(23)18(10-19(14)30-4)28-25-5-6-26-28/h5-6,9-12H,7-8H2,1-4H3. The SMILES string of the molecule is COc1cc(-n2nccn2)c(Cl)cc1CC(=O)Cc1cnc2sc(C)nc2c1C(C)C. The Morgan fingerprint density at radius 2 is 1.90 bits per heavy atom. The maximum absolute atomic E-state index is 13.0. The summed E-state index contributed by atoms with van der Waals surface area (Å²) in [5.74, 6) is 0.854. The molecule has 31 heavy (non-hydrogen) atoms. The molecule has 0 bridgehead atoms. The van der Waals surface area contributed by atoms with Crippen LogP contribution in [0.3, 0.4) is 0 Å². The number of rotatable bonds is 7. The number of halogens is 1. The fraction of sp³-hybridized carbons (Fsp3) is 0.318. The Kier molecular flexibility index (Phi) is 6.02. The second kappa shape index (κ2) is 8.72. The molecule has 4 aromatic rings. The van der Waals surface area contributed by atoms with E-state index >= 15 is 0 Å². The van der Waals surface area contributed by atoms with Gasteiger partial charge < -0.3 is 4.74 Å². The fourth-order valence-electron chi connectivity index (χ4n) is 3.72. The molecule has 0 unspecified atom stereocenters. The van der Waals surface area contributed by atoms with Gasteiger partial charge in [0.05, 0.1) is 29.5 Å². The Morgan fingerprint density at radius 3 is 2.58 bits per heavy atom. The molecule has 0 N–H and O–H groups in total. The number of aromatic nitrogens is 5.